The molecule has 1 atom stereocenters. The summed E-state index contributed by atoms with van der Waals surface area (Å²) in [5.74, 6) is 1.02. The fraction of sp³-hybridized carbons (Fsp3) is 0.375. The topological polar surface area (TPSA) is 24.4 Å². The molecule has 0 saturated heterocycles. The maximum absolute atomic E-state index is 4.43. The zero-order valence-electron chi connectivity index (χ0n) is 6.59. The SMILES string of the molecule is CC1=NC2C=CSC2=C(C)N1. The van der Waals surface area contributed by atoms with Crippen molar-refractivity contribution in [2.24, 2.45) is 4.99 Å². The van der Waals surface area contributed by atoms with Gasteiger partial charge in [0.15, 0.2) is 0 Å². The second-order valence-corrected chi connectivity index (χ2v) is 3.67. The Labute approximate surface area is 70.5 Å². The van der Waals surface area contributed by atoms with Crippen molar-refractivity contribution in [2.75, 3.05) is 0 Å². The number of hydrogen-bond acceptors (Lipinski definition) is 3. The molecule has 0 radical (unpaired) electrons. The second kappa shape index (κ2) is 2.41. The predicted molar refractivity (Wildman–Crippen MR) is 49.5 cm³/mol. The van der Waals surface area contributed by atoms with Gasteiger partial charge in [0.2, 0.25) is 0 Å². The van der Waals surface area contributed by atoms with Crippen LogP contribution in [0.2, 0.25) is 0 Å². The van der Waals surface area contributed by atoms with Gasteiger partial charge in [-0.25, -0.2) is 0 Å². The summed E-state index contributed by atoms with van der Waals surface area (Å²) in [4.78, 5) is 5.78. The molecular weight excluding hydrogens is 156 g/mol. The van der Waals surface area contributed by atoms with Gasteiger partial charge in [0.25, 0.3) is 0 Å². The molecule has 2 aliphatic heterocycles. The quantitative estimate of drug-likeness (QED) is 0.594. The van der Waals surface area contributed by atoms with Gasteiger partial charge in [0, 0.05) is 10.6 Å². The van der Waals surface area contributed by atoms with Crippen molar-refractivity contribution < 1.29 is 0 Å². The summed E-state index contributed by atoms with van der Waals surface area (Å²) in [6.45, 7) is 4.09. The highest BCUT2D eigenvalue weighted by Gasteiger charge is 2.21. The van der Waals surface area contributed by atoms with Crippen molar-refractivity contribution in [3.05, 3.63) is 22.1 Å². The van der Waals surface area contributed by atoms with E-state index in [1.54, 1.807) is 11.8 Å². The molecule has 0 bridgehead atoms. The molecule has 11 heavy (non-hydrogen) atoms. The fourth-order valence-corrected chi connectivity index (χ4v) is 2.20. The molecule has 2 aliphatic rings. The minimum Gasteiger partial charge on any atom is -0.347 e. The molecule has 0 fully saturated rings. The van der Waals surface area contributed by atoms with Gasteiger partial charge >= 0.3 is 0 Å². The van der Waals surface area contributed by atoms with Gasteiger partial charge in [-0.2, -0.15) is 0 Å². The van der Waals surface area contributed by atoms with Crippen molar-refractivity contribution in [1.29, 1.82) is 0 Å². The number of aliphatic imine (C=N–C) groups is 1. The van der Waals surface area contributed by atoms with E-state index < -0.39 is 0 Å². The van der Waals surface area contributed by atoms with E-state index in [2.05, 4.69) is 28.7 Å². The molecule has 58 valence electrons. The van der Waals surface area contributed by atoms with Crippen LogP contribution < -0.4 is 5.32 Å². The first kappa shape index (κ1) is 6.98. The smallest absolute Gasteiger partial charge is 0.104 e. The lowest BCUT2D eigenvalue weighted by Crippen LogP contribution is -2.26. The zero-order valence-corrected chi connectivity index (χ0v) is 7.40. The van der Waals surface area contributed by atoms with Crippen molar-refractivity contribution in [2.45, 2.75) is 19.9 Å². The van der Waals surface area contributed by atoms with Crippen LogP contribution in [0, 0.1) is 0 Å². The lowest BCUT2D eigenvalue weighted by molar-refractivity contribution is 0.907. The lowest BCUT2D eigenvalue weighted by atomic mass is 10.2. The van der Waals surface area contributed by atoms with E-state index in [4.69, 9.17) is 0 Å². The van der Waals surface area contributed by atoms with E-state index in [0.717, 1.165) is 5.84 Å². The van der Waals surface area contributed by atoms with Crippen LogP contribution in [0.4, 0.5) is 0 Å². The van der Waals surface area contributed by atoms with Gasteiger partial charge in [0.05, 0.1) is 5.84 Å². The van der Waals surface area contributed by atoms with E-state index in [1.165, 1.54) is 10.6 Å². The Bertz CT molecular complexity index is 276. The zero-order chi connectivity index (χ0) is 7.84. The average molecular weight is 166 g/mol. The Balaban J connectivity index is 2.36. The van der Waals surface area contributed by atoms with Gasteiger partial charge in [-0.05, 0) is 25.3 Å². The molecule has 1 unspecified atom stereocenters. The number of nitrogens with zero attached hydrogens (tertiary/aromatic N) is 1. The largest absolute Gasteiger partial charge is 0.347 e. The Kier molecular flexibility index (Phi) is 1.53. The summed E-state index contributed by atoms with van der Waals surface area (Å²) >= 11 is 1.77. The van der Waals surface area contributed by atoms with Crippen molar-refractivity contribution in [3.8, 4) is 0 Å². The second-order valence-electron chi connectivity index (χ2n) is 2.72. The number of amidine groups is 1. The van der Waals surface area contributed by atoms with E-state index in [0.29, 0.717) is 6.04 Å². The average Bonchev–Trinajstić information content (AvgIpc) is 2.34. The standard InChI is InChI=1S/C8H10N2S/c1-5-8-7(3-4-11-8)10-6(2)9-5/h3-4,7H,1-2H3,(H,9,10). The molecule has 1 N–H and O–H groups in total. The molecule has 0 aromatic heterocycles. The number of rotatable bonds is 0. The molecular formula is C8H10N2S. The third-order valence-electron chi connectivity index (χ3n) is 1.80. The summed E-state index contributed by atoms with van der Waals surface area (Å²) in [5, 5.41) is 5.32. The van der Waals surface area contributed by atoms with Crippen LogP contribution in [0.15, 0.2) is 27.1 Å². The van der Waals surface area contributed by atoms with E-state index in [9.17, 15) is 0 Å². The minimum atomic E-state index is 0.307. The first-order valence-electron chi connectivity index (χ1n) is 3.63. The van der Waals surface area contributed by atoms with Gasteiger partial charge in [0.1, 0.15) is 6.04 Å². The number of fused-ring (bicyclic) bond motifs is 1. The molecule has 2 nitrogen and oxygen atoms in total. The summed E-state index contributed by atoms with van der Waals surface area (Å²) in [5.41, 5.74) is 1.25. The Morgan fingerprint density at radius 1 is 1.55 bits per heavy atom. The van der Waals surface area contributed by atoms with Gasteiger partial charge in [-0.1, -0.05) is 11.8 Å². The number of hydrogen-bond donors (Lipinski definition) is 1. The van der Waals surface area contributed by atoms with Crippen LogP contribution in [-0.4, -0.2) is 11.9 Å². The van der Waals surface area contributed by atoms with Crippen LogP contribution in [0.3, 0.4) is 0 Å². The third kappa shape index (κ3) is 1.09. The summed E-state index contributed by atoms with van der Waals surface area (Å²) in [7, 11) is 0. The molecule has 0 spiro atoms. The molecule has 0 amide bonds. The van der Waals surface area contributed by atoms with Crippen LogP contribution >= 0.6 is 11.8 Å². The highest BCUT2D eigenvalue weighted by Crippen LogP contribution is 2.34. The minimum absolute atomic E-state index is 0.307. The normalized spacial score (nSPS) is 28.2. The van der Waals surface area contributed by atoms with Crippen LogP contribution in [-0.2, 0) is 0 Å². The van der Waals surface area contributed by atoms with Crippen molar-refractivity contribution >= 4 is 17.6 Å². The molecule has 0 aliphatic carbocycles. The Morgan fingerprint density at radius 3 is 3.18 bits per heavy atom. The first-order chi connectivity index (χ1) is 5.27. The van der Waals surface area contributed by atoms with Crippen LogP contribution in [0.25, 0.3) is 0 Å². The van der Waals surface area contributed by atoms with Gasteiger partial charge in [-0.15, -0.1) is 0 Å². The molecule has 0 aromatic carbocycles. The van der Waals surface area contributed by atoms with Gasteiger partial charge < -0.3 is 5.32 Å². The van der Waals surface area contributed by atoms with Crippen LogP contribution in [0.1, 0.15) is 13.8 Å². The van der Waals surface area contributed by atoms with E-state index in [-0.39, 0.29) is 0 Å². The number of nitrogens with one attached hydrogen (secondary N) is 1. The fourth-order valence-electron chi connectivity index (χ4n) is 1.33. The Morgan fingerprint density at radius 2 is 2.36 bits per heavy atom. The maximum atomic E-state index is 4.43. The summed E-state index contributed by atoms with van der Waals surface area (Å²) in [6, 6.07) is 0.307. The summed E-state index contributed by atoms with van der Waals surface area (Å²) in [6.07, 6.45) is 2.13. The number of allylic oxidation sites excluding steroid dienone is 1. The number of thioether (sulfide) groups is 1. The lowest BCUT2D eigenvalue weighted by Gasteiger charge is -2.18. The first-order valence-corrected chi connectivity index (χ1v) is 4.51. The van der Waals surface area contributed by atoms with Gasteiger partial charge in [-0.3, -0.25) is 4.99 Å². The molecule has 2 heterocycles. The maximum Gasteiger partial charge on any atom is 0.104 e. The Hall–Kier alpha value is -0.700. The predicted octanol–water partition coefficient (Wildman–Crippen LogP) is 1.87. The molecule has 0 saturated carbocycles. The highest BCUT2D eigenvalue weighted by molar-refractivity contribution is 8.06. The summed E-state index contributed by atoms with van der Waals surface area (Å²) < 4.78 is 0. The van der Waals surface area contributed by atoms with Crippen LogP contribution in [0.5, 0.6) is 0 Å². The molecule has 0 aromatic rings. The molecule has 2 rings (SSSR count). The highest BCUT2D eigenvalue weighted by atomic mass is 32.2. The van der Waals surface area contributed by atoms with Crippen molar-refractivity contribution in [3.63, 3.8) is 0 Å². The third-order valence-corrected chi connectivity index (χ3v) is 2.89. The van der Waals surface area contributed by atoms with Crippen molar-refractivity contribution in [1.82, 2.24) is 5.32 Å². The monoisotopic (exact) mass is 166 g/mol. The van der Waals surface area contributed by atoms with E-state index in [1.807, 2.05) is 6.92 Å². The van der Waals surface area contributed by atoms with E-state index >= 15 is 0 Å². The molecule has 3 heteroatoms.